The van der Waals surface area contributed by atoms with Gasteiger partial charge in [0.05, 0.1) is 22.5 Å². The molecule has 0 aliphatic rings. The van der Waals surface area contributed by atoms with Crippen molar-refractivity contribution in [2.45, 2.75) is 13.5 Å². The summed E-state index contributed by atoms with van der Waals surface area (Å²) in [7, 11) is 0. The van der Waals surface area contributed by atoms with Gasteiger partial charge in [-0.3, -0.25) is 14.5 Å². The van der Waals surface area contributed by atoms with Crippen molar-refractivity contribution in [3.8, 4) is 0 Å². The van der Waals surface area contributed by atoms with Gasteiger partial charge in [0.1, 0.15) is 0 Å². The number of benzene rings is 2. The van der Waals surface area contributed by atoms with Crippen molar-refractivity contribution < 1.29 is 9.59 Å². The van der Waals surface area contributed by atoms with Gasteiger partial charge in [0, 0.05) is 11.9 Å². The van der Waals surface area contributed by atoms with Gasteiger partial charge in [0.15, 0.2) is 10.2 Å². The average molecular weight is 391 g/mol. The molecular weight excluding hydrogens is 376 g/mol. The Morgan fingerprint density at radius 3 is 2.68 bits per heavy atom. The van der Waals surface area contributed by atoms with Gasteiger partial charge in [-0.2, -0.15) is 0 Å². The number of carbonyl (C=O) groups is 2. The average Bonchev–Trinajstić information content (AvgIpc) is 3.01. The summed E-state index contributed by atoms with van der Waals surface area (Å²) in [6, 6.07) is 15.2. The summed E-state index contributed by atoms with van der Waals surface area (Å²) in [6.45, 7) is 1.87. The van der Waals surface area contributed by atoms with E-state index in [0.29, 0.717) is 16.7 Å². The Bertz CT molecular complexity index is 912. The summed E-state index contributed by atoms with van der Waals surface area (Å²) in [5.74, 6) is -0.0482. The third-order valence-corrected chi connectivity index (χ3v) is 5.53. The molecule has 0 saturated heterocycles. The van der Waals surface area contributed by atoms with E-state index >= 15 is 0 Å². The zero-order valence-electron chi connectivity index (χ0n) is 13.4. The minimum absolute atomic E-state index is 0.0795. The number of thiazole rings is 1. The number of rotatable bonds is 5. The van der Waals surface area contributed by atoms with E-state index in [4.69, 9.17) is 11.6 Å². The van der Waals surface area contributed by atoms with Crippen LogP contribution in [0.1, 0.15) is 12.5 Å². The van der Waals surface area contributed by atoms with Gasteiger partial charge in [-0.15, -0.1) is 0 Å². The van der Waals surface area contributed by atoms with Crippen LogP contribution in [-0.4, -0.2) is 21.8 Å². The van der Waals surface area contributed by atoms with Crippen LogP contribution in [0, 0.1) is 0 Å². The van der Waals surface area contributed by atoms with Gasteiger partial charge in [-0.1, -0.05) is 65.0 Å². The van der Waals surface area contributed by atoms with Gasteiger partial charge in [-0.05, 0) is 23.8 Å². The van der Waals surface area contributed by atoms with Crippen LogP contribution >= 0.6 is 34.7 Å². The zero-order chi connectivity index (χ0) is 17.8. The van der Waals surface area contributed by atoms with E-state index in [1.165, 1.54) is 18.3 Å². The molecule has 0 fully saturated rings. The van der Waals surface area contributed by atoms with Gasteiger partial charge < -0.3 is 0 Å². The molecule has 3 aromatic rings. The summed E-state index contributed by atoms with van der Waals surface area (Å²) >= 11 is 8.47. The zero-order valence-corrected chi connectivity index (χ0v) is 15.8. The molecule has 3 rings (SSSR count). The second kappa shape index (κ2) is 7.99. The molecule has 7 heteroatoms. The smallest absolute Gasteiger partial charge is 0.239 e. The highest BCUT2D eigenvalue weighted by molar-refractivity contribution is 8.14. The summed E-state index contributed by atoms with van der Waals surface area (Å²) in [5.41, 5.74) is 1.80. The fourth-order valence-corrected chi connectivity index (χ4v) is 4.01. The lowest BCUT2D eigenvalue weighted by Gasteiger charge is -2.19. The highest BCUT2D eigenvalue weighted by atomic mass is 35.5. The Morgan fingerprint density at radius 2 is 1.96 bits per heavy atom. The van der Waals surface area contributed by atoms with Gasteiger partial charge in [0.25, 0.3) is 0 Å². The fourth-order valence-electron chi connectivity index (χ4n) is 2.27. The Balaban J connectivity index is 1.93. The van der Waals surface area contributed by atoms with E-state index in [1.807, 2.05) is 42.5 Å². The first-order valence-corrected chi connectivity index (χ1v) is 9.74. The van der Waals surface area contributed by atoms with Crippen molar-refractivity contribution in [1.29, 1.82) is 0 Å². The number of halogens is 1. The Labute approximate surface area is 158 Å². The molecule has 4 nitrogen and oxygen atoms in total. The fraction of sp³-hybridized carbons (Fsp3) is 0.167. The lowest BCUT2D eigenvalue weighted by molar-refractivity contribution is -0.116. The minimum atomic E-state index is -0.144. The van der Waals surface area contributed by atoms with Crippen LogP contribution in [0.15, 0.2) is 48.5 Å². The van der Waals surface area contributed by atoms with Crippen molar-refractivity contribution in [3.63, 3.8) is 0 Å². The number of anilines is 1. The molecule has 0 aliphatic heterocycles. The second-order valence-corrected chi connectivity index (χ2v) is 7.95. The quantitative estimate of drug-likeness (QED) is 0.630. The molecular formula is C18H15ClN2O2S2. The summed E-state index contributed by atoms with van der Waals surface area (Å²) in [5, 5.41) is 1.16. The van der Waals surface area contributed by atoms with Crippen molar-refractivity contribution in [2.24, 2.45) is 0 Å². The molecule has 0 atom stereocenters. The van der Waals surface area contributed by atoms with Gasteiger partial charge >= 0.3 is 0 Å². The van der Waals surface area contributed by atoms with Crippen LogP contribution in [0.25, 0.3) is 10.2 Å². The van der Waals surface area contributed by atoms with Crippen LogP contribution in [-0.2, 0) is 16.1 Å². The molecule has 2 aromatic carbocycles. The molecule has 128 valence electrons. The molecule has 1 heterocycles. The first kappa shape index (κ1) is 17.9. The molecule has 1 aromatic heterocycles. The lowest BCUT2D eigenvalue weighted by Crippen LogP contribution is -2.32. The van der Waals surface area contributed by atoms with Crippen molar-refractivity contribution in [3.05, 3.63) is 59.1 Å². The third-order valence-electron chi connectivity index (χ3n) is 3.45. The van der Waals surface area contributed by atoms with E-state index in [1.54, 1.807) is 11.0 Å². The minimum Gasteiger partial charge on any atom is -0.288 e. The molecule has 0 spiro atoms. The number of hydrogen-bond donors (Lipinski definition) is 0. The van der Waals surface area contributed by atoms with Crippen molar-refractivity contribution in [1.82, 2.24) is 4.98 Å². The maximum absolute atomic E-state index is 12.7. The predicted molar refractivity (Wildman–Crippen MR) is 105 cm³/mol. The predicted octanol–water partition coefficient (Wildman–Crippen LogP) is 4.76. The summed E-state index contributed by atoms with van der Waals surface area (Å²) in [6.07, 6.45) is 0. The highest BCUT2D eigenvalue weighted by Gasteiger charge is 2.20. The van der Waals surface area contributed by atoms with E-state index < -0.39 is 0 Å². The number of carbonyl (C=O) groups excluding carboxylic acids is 2. The number of amides is 1. The van der Waals surface area contributed by atoms with Crippen LogP contribution in [0.2, 0.25) is 5.02 Å². The molecule has 0 N–H and O–H groups in total. The number of nitrogens with zero attached hydrogens (tertiary/aromatic N) is 2. The van der Waals surface area contributed by atoms with E-state index in [-0.39, 0.29) is 16.8 Å². The lowest BCUT2D eigenvalue weighted by atomic mass is 10.2. The molecule has 1 amide bonds. The summed E-state index contributed by atoms with van der Waals surface area (Å²) in [4.78, 5) is 30.1. The largest absolute Gasteiger partial charge is 0.288 e. The molecule has 0 radical (unpaired) electrons. The molecule has 0 bridgehead atoms. The SMILES string of the molecule is CC(=O)SCC(=O)N(Cc1ccccc1)c1nc2ccc(Cl)cc2s1. The molecule has 0 saturated carbocycles. The molecule has 0 unspecified atom stereocenters. The normalized spacial score (nSPS) is 10.8. The molecule has 0 aliphatic carbocycles. The topological polar surface area (TPSA) is 50.3 Å². The number of fused-ring (bicyclic) bond motifs is 1. The molecule has 25 heavy (non-hydrogen) atoms. The standard InChI is InChI=1S/C18H15ClN2O2S2/c1-12(22)24-11-17(23)21(10-13-5-3-2-4-6-13)18-20-15-8-7-14(19)9-16(15)25-18/h2-9H,10-11H2,1H3. The maximum Gasteiger partial charge on any atom is 0.239 e. The van der Waals surface area contributed by atoms with Crippen molar-refractivity contribution in [2.75, 3.05) is 10.7 Å². The highest BCUT2D eigenvalue weighted by Crippen LogP contribution is 2.32. The van der Waals surface area contributed by atoms with Crippen LogP contribution in [0.5, 0.6) is 0 Å². The monoisotopic (exact) mass is 390 g/mol. The first-order chi connectivity index (χ1) is 12.0. The van der Waals surface area contributed by atoms with Crippen molar-refractivity contribution >= 4 is 61.1 Å². The van der Waals surface area contributed by atoms with E-state index in [0.717, 1.165) is 27.5 Å². The van der Waals surface area contributed by atoms with E-state index in [9.17, 15) is 9.59 Å². The number of hydrogen-bond acceptors (Lipinski definition) is 5. The second-order valence-electron chi connectivity index (χ2n) is 5.35. The summed E-state index contributed by atoms with van der Waals surface area (Å²) < 4.78 is 0.924. The van der Waals surface area contributed by atoms with Gasteiger partial charge in [-0.25, -0.2) is 4.98 Å². The Morgan fingerprint density at radius 1 is 1.20 bits per heavy atom. The van der Waals surface area contributed by atoms with Crippen LogP contribution in [0.4, 0.5) is 5.13 Å². The third kappa shape index (κ3) is 4.60. The number of thioether (sulfide) groups is 1. The van der Waals surface area contributed by atoms with E-state index in [2.05, 4.69) is 4.98 Å². The van der Waals surface area contributed by atoms with Crippen LogP contribution < -0.4 is 4.90 Å². The van der Waals surface area contributed by atoms with Gasteiger partial charge in [0.2, 0.25) is 5.91 Å². The maximum atomic E-state index is 12.7. The number of aromatic nitrogens is 1. The van der Waals surface area contributed by atoms with Crippen LogP contribution in [0.3, 0.4) is 0 Å². The Kier molecular flexibility index (Phi) is 5.73. The Hall–Kier alpha value is -1.89. The first-order valence-electron chi connectivity index (χ1n) is 7.56.